The van der Waals surface area contributed by atoms with Crippen molar-refractivity contribution in [1.82, 2.24) is 10.3 Å². The van der Waals surface area contributed by atoms with Crippen molar-refractivity contribution in [1.29, 1.82) is 0 Å². The van der Waals surface area contributed by atoms with Crippen LogP contribution < -0.4 is 5.32 Å². The minimum atomic E-state index is 0.814. The zero-order chi connectivity index (χ0) is 9.10. The van der Waals surface area contributed by atoms with E-state index >= 15 is 0 Å². The van der Waals surface area contributed by atoms with E-state index in [9.17, 15) is 0 Å². The van der Waals surface area contributed by atoms with Gasteiger partial charge in [-0.05, 0) is 26.2 Å². The second-order valence-corrected chi connectivity index (χ2v) is 5.00. The molecule has 0 saturated heterocycles. The molecular weight excluding hydrogens is 180 g/mol. The van der Waals surface area contributed by atoms with Crippen molar-refractivity contribution in [2.75, 3.05) is 6.54 Å². The van der Waals surface area contributed by atoms with Gasteiger partial charge in [0.05, 0.1) is 5.01 Å². The normalized spacial score (nSPS) is 17.3. The molecule has 0 unspecified atom stereocenters. The third kappa shape index (κ3) is 2.51. The highest BCUT2D eigenvalue weighted by molar-refractivity contribution is 7.11. The van der Waals surface area contributed by atoms with Gasteiger partial charge in [-0.2, -0.15) is 0 Å². The summed E-state index contributed by atoms with van der Waals surface area (Å²) in [6, 6.07) is 0.814. The molecule has 13 heavy (non-hydrogen) atoms. The average molecular weight is 196 g/mol. The van der Waals surface area contributed by atoms with Gasteiger partial charge in [-0.15, -0.1) is 11.3 Å². The Morgan fingerprint density at radius 3 is 3.00 bits per heavy atom. The smallest absolute Gasteiger partial charge is 0.0896 e. The van der Waals surface area contributed by atoms with Crippen LogP contribution >= 0.6 is 11.3 Å². The van der Waals surface area contributed by atoms with Crippen LogP contribution in [0.25, 0.3) is 0 Å². The van der Waals surface area contributed by atoms with Crippen LogP contribution in [0.3, 0.4) is 0 Å². The molecule has 0 spiro atoms. The first-order valence-electron chi connectivity index (χ1n) is 4.99. The Labute approximate surface area is 83.4 Å². The standard InChI is InChI=1S/C10H16N2S/c1-8-12-7-10(13-8)5-6-11-9-3-2-4-9/h7,9,11H,2-6H2,1H3. The van der Waals surface area contributed by atoms with Crippen molar-refractivity contribution in [3.63, 3.8) is 0 Å². The molecule has 2 nitrogen and oxygen atoms in total. The molecule has 0 atom stereocenters. The molecule has 0 aliphatic heterocycles. The molecule has 1 N–H and O–H groups in total. The summed E-state index contributed by atoms with van der Waals surface area (Å²) in [5.74, 6) is 0. The molecule has 0 aromatic carbocycles. The van der Waals surface area contributed by atoms with Crippen molar-refractivity contribution in [3.05, 3.63) is 16.1 Å². The fraction of sp³-hybridized carbons (Fsp3) is 0.700. The van der Waals surface area contributed by atoms with Crippen LogP contribution in [-0.4, -0.2) is 17.6 Å². The van der Waals surface area contributed by atoms with Crippen molar-refractivity contribution < 1.29 is 0 Å². The number of hydrogen-bond donors (Lipinski definition) is 1. The van der Waals surface area contributed by atoms with E-state index in [1.165, 1.54) is 29.1 Å². The lowest BCUT2D eigenvalue weighted by atomic mass is 9.93. The van der Waals surface area contributed by atoms with E-state index in [0.29, 0.717) is 0 Å². The number of nitrogens with zero attached hydrogens (tertiary/aromatic N) is 1. The van der Waals surface area contributed by atoms with E-state index in [1.807, 2.05) is 17.5 Å². The van der Waals surface area contributed by atoms with Crippen molar-refractivity contribution in [2.24, 2.45) is 0 Å². The predicted octanol–water partition coefficient (Wildman–Crippen LogP) is 2.14. The molecule has 1 aromatic heterocycles. The number of thiazole rings is 1. The van der Waals surface area contributed by atoms with Gasteiger partial charge < -0.3 is 5.32 Å². The third-order valence-electron chi connectivity index (χ3n) is 2.58. The summed E-state index contributed by atoms with van der Waals surface area (Å²) < 4.78 is 0. The van der Waals surface area contributed by atoms with Gasteiger partial charge in [0.1, 0.15) is 0 Å². The number of hydrogen-bond acceptors (Lipinski definition) is 3. The van der Waals surface area contributed by atoms with Gasteiger partial charge in [-0.25, -0.2) is 4.98 Å². The monoisotopic (exact) mass is 196 g/mol. The molecule has 2 rings (SSSR count). The average Bonchev–Trinajstić information content (AvgIpc) is 2.42. The maximum Gasteiger partial charge on any atom is 0.0896 e. The van der Waals surface area contributed by atoms with Gasteiger partial charge in [0.25, 0.3) is 0 Å². The van der Waals surface area contributed by atoms with Crippen molar-refractivity contribution in [3.8, 4) is 0 Å². The first-order valence-corrected chi connectivity index (χ1v) is 5.81. The van der Waals surface area contributed by atoms with Gasteiger partial charge in [0.2, 0.25) is 0 Å². The van der Waals surface area contributed by atoms with Gasteiger partial charge >= 0.3 is 0 Å². The van der Waals surface area contributed by atoms with E-state index in [-0.39, 0.29) is 0 Å². The number of aryl methyl sites for hydroxylation is 1. The van der Waals surface area contributed by atoms with Crippen LogP contribution in [0, 0.1) is 6.92 Å². The molecule has 3 heteroatoms. The fourth-order valence-corrected chi connectivity index (χ4v) is 2.33. The molecule has 0 radical (unpaired) electrons. The molecule has 0 bridgehead atoms. The molecule has 1 saturated carbocycles. The first-order chi connectivity index (χ1) is 6.34. The van der Waals surface area contributed by atoms with Gasteiger partial charge in [0.15, 0.2) is 0 Å². The Balaban J connectivity index is 1.67. The van der Waals surface area contributed by atoms with Crippen molar-refractivity contribution >= 4 is 11.3 Å². The molecule has 1 aliphatic carbocycles. The highest BCUT2D eigenvalue weighted by Gasteiger charge is 2.15. The Kier molecular flexibility index (Phi) is 2.96. The van der Waals surface area contributed by atoms with Crippen LogP contribution in [0.1, 0.15) is 29.1 Å². The van der Waals surface area contributed by atoms with Crippen LogP contribution in [-0.2, 0) is 6.42 Å². The molecule has 0 amide bonds. The van der Waals surface area contributed by atoms with E-state index in [4.69, 9.17) is 0 Å². The first kappa shape index (κ1) is 9.16. The Morgan fingerprint density at radius 2 is 2.46 bits per heavy atom. The second kappa shape index (κ2) is 4.20. The van der Waals surface area contributed by atoms with E-state index in [1.54, 1.807) is 0 Å². The van der Waals surface area contributed by atoms with E-state index in [2.05, 4.69) is 17.2 Å². The number of nitrogens with one attached hydrogen (secondary N) is 1. The van der Waals surface area contributed by atoms with Crippen LogP contribution in [0.15, 0.2) is 6.20 Å². The molecular formula is C10H16N2S. The maximum absolute atomic E-state index is 4.24. The Bertz CT molecular complexity index is 266. The maximum atomic E-state index is 4.24. The lowest BCUT2D eigenvalue weighted by Gasteiger charge is -2.26. The van der Waals surface area contributed by atoms with E-state index in [0.717, 1.165) is 19.0 Å². The third-order valence-corrected chi connectivity index (χ3v) is 3.55. The number of aromatic nitrogens is 1. The fourth-order valence-electron chi connectivity index (χ4n) is 1.53. The summed E-state index contributed by atoms with van der Waals surface area (Å²) in [4.78, 5) is 5.65. The largest absolute Gasteiger partial charge is 0.314 e. The number of rotatable bonds is 4. The zero-order valence-electron chi connectivity index (χ0n) is 8.05. The van der Waals surface area contributed by atoms with Crippen molar-refractivity contribution in [2.45, 2.75) is 38.6 Å². The highest BCUT2D eigenvalue weighted by Crippen LogP contribution is 2.18. The topological polar surface area (TPSA) is 24.9 Å². The molecule has 1 fully saturated rings. The summed E-state index contributed by atoms with van der Waals surface area (Å²) in [5, 5.41) is 4.74. The van der Waals surface area contributed by atoms with Gasteiger partial charge in [-0.3, -0.25) is 0 Å². The summed E-state index contributed by atoms with van der Waals surface area (Å²) in [6.07, 6.45) is 7.31. The Morgan fingerprint density at radius 1 is 1.62 bits per heavy atom. The summed E-state index contributed by atoms with van der Waals surface area (Å²) >= 11 is 1.81. The SMILES string of the molecule is Cc1ncc(CCNC2CCC2)s1. The highest BCUT2D eigenvalue weighted by atomic mass is 32.1. The molecule has 1 aromatic rings. The van der Waals surface area contributed by atoms with Gasteiger partial charge in [0, 0.05) is 23.7 Å². The molecule has 1 heterocycles. The quantitative estimate of drug-likeness (QED) is 0.798. The lowest BCUT2D eigenvalue weighted by molar-refractivity contribution is 0.342. The summed E-state index contributed by atoms with van der Waals surface area (Å²) in [6.45, 7) is 3.18. The molecule has 72 valence electrons. The van der Waals surface area contributed by atoms with Crippen LogP contribution in [0.5, 0.6) is 0 Å². The van der Waals surface area contributed by atoms with Crippen LogP contribution in [0.2, 0.25) is 0 Å². The molecule has 1 aliphatic rings. The van der Waals surface area contributed by atoms with Gasteiger partial charge in [-0.1, -0.05) is 6.42 Å². The predicted molar refractivity (Wildman–Crippen MR) is 56.2 cm³/mol. The summed E-state index contributed by atoms with van der Waals surface area (Å²) in [5.41, 5.74) is 0. The minimum absolute atomic E-state index is 0.814. The summed E-state index contributed by atoms with van der Waals surface area (Å²) in [7, 11) is 0. The second-order valence-electron chi connectivity index (χ2n) is 3.68. The lowest BCUT2D eigenvalue weighted by Crippen LogP contribution is -2.36. The Hall–Kier alpha value is -0.410. The minimum Gasteiger partial charge on any atom is -0.314 e. The van der Waals surface area contributed by atoms with Crippen LogP contribution in [0.4, 0.5) is 0 Å². The van der Waals surface area contributed by atoms with E-state index < -0.39 is 0 Å². The zero-order valence-corrected chi connectivity index (χ0v) is 8.86.